The van der Waals surface area contributed by atoms with E-state index in [0.717, 1.165) is 0 Å². The summed E-state index contributed by atoms with van der Waals surface area (Å²) in [5.74, 6) is 1.57. The largest absolute Gasteiger partial charge is 0.478 e. The van der Waals surface area contributed by atoms with E-state index in [-0.39, 0.29) is 16.5 Å². The highest BCUT2D eigenvalue weighted by atomic mass is 35.5. The maximum atomic E-state index is 10.9. The highest BCUT2D eigenvalue weighted by molar-refractivity contribution is 6.29. The second-order valence-electron chi connectivity index (χ2n) is 3.73. The first-order chi connectivity index (χ1) is 7.35. The van der Waals surface area contributed by atoms with Gasteiger partial charge in [-0.1, -0.05) is 17.5 Å². The van der Waals surface area contributed by atoms with Gasteiger partial charge in [-0.05, 0) is 26.0 Å². The van der Waals surface area contributed by atoms with Gasteiger partial charge in [0.2, 0.25) is 0 Å². The van der Waals surface area contributed by atoms with E-state index < -0.39 is 11.5 Å². The maximum Gasteiger partial charge on any atom is 0.339 e. The summed E-state index contributed by atoms with van der Waals surface area (Å²) in [4.78, 5) is 14.8. The number of rotatable bonds is 3. The van der Waals surface area contributed by atoms with Crippen molar-refractivity contribution in [3.05, 3.63) is 22.8 Å². The molecule has 4 nitrogen and oxygen atoms in total. The summed E-state index contributed by atoms with van der Waals surface area (Å²) < 4.78 is 0. The fourth-order valence-electron chi connectivity index (χ4n) is 1.04. The van der Waals surface area contributed by atoms with Crippen molar-refractivity contribution in [2.24, 2.45) is 0 Å². The fourth-order valence-corrected chi connectivity index (χ4v) is 1.18. The van der Waals surface area contributed by atoms with Crippen LogP contribution in [-0.4, -0.2) is 21.6 Å². The van der Waals surface area contributed by atoms with Gasteiger partial charge in [0.25, 0.3) is 0 Å². The molecule has 1 heterocycles. The Bertz CT molecular complexity index is 464. The number of carboxylic acids is 1. The Morgan fingerprint density at radius 3 is 2.75 bits per heavy atom. The standard InChI is InChI=1S/C11H11ClN2O2/c1-4-11(2,3)14-9-7(10(15)16)5-6-8(12)13-9/h1,5-6H,2-3H3,(H,13,14)(H,15,16). The van der Waals surface area contributed by atoms with E-state index in [1.165, 1.54) is 12.1 Å². The quantitative estimate of drug-likeness (QED) is 0.626. The zero-order valence-corrected chi connectivity index (χ0v) is 9.67. The second-order valence-corrected chi connectivity index (χ2v) is 4.12. The first-order valence-electron chi connectivity index (χ1n) is 4.51. The summed E-state index contributed by atoms with van der Waals surface area (Å²) in [6.07, 6.45) is 5.30. The third kappa shape index (κ3) is 2.88. The molecule has 0 aliphatic heterocycles. The molecule has 0 saturated heterocycles. The van der Waals surface area contributed by atoms with Crippen LogP contribution in [0.15, 0.2) is 12.1 Å². The summed E-state index contributed by atoms with van der Waals surface area (Å²) in [5.41, 5.74) is -0.658. The first-order valence-corrected chi connectivity index (χ1v) is 4.89. The zero-order chi connectivity index (χ0) is 12.3. The van der Waals surface area contributed by atoms with Crippen LogP contribution in [0, 0.1) is 12.3 Å². The number of aromatic carboxylic acids is 1. The van der Waals surface area contributed by atoms with Gasteiger partial charge in [0.1, 0.15) is 16.5 Å². The van der Waals surface area contributed by atoms with Crippen LogP contribution < -0.4 is 5.32 Å². The Kier molecular flexibility index (Phi) is 3.41. The summed E-state index contributed by atoms with van der Waals surface area (Å²) in [5, 5.41) is 12.0. The van der Waals surface area contributed by atoms with Gasteiger partial charge in [-0.3, -0.25) is 0 Å². The van der Waals surface area contributed by atoms with E-state index in [1.807, 2.05) is 0 Å². The summed E-state index contributed by atoms with van der Waals surface area (Å²) in [7, 11) is 0. The number of hydrogen-bond donors (Lipinski definition) is 2. The van der Waals surface area contributed by atoms with Crippen LogP contribution in [0.5, 0.6) is 0 Å². The average Bonchev–Trinajstić information content (AvgIpc) is 2.16. The van der Waals surface area contributed by atoms with Crippen molar-refractivity contribution >= 4 is 23.4 Å². The number of nitrogens with one attached hydrogen (secondary N) is 1. The average molecular weight is 239 g/mol. The van der Waals surface area contributed by atoms with E-state index in [9.17, 15) is 4.79 Å². The minimum atomic E-state index is -1.08. The van der Waals surface area contributed by atoms with Crippen molar-refractivity contribution in [1.82, 2.24) is 4.98 Å². The van der Waals surface area contributed by atoms with Gasteiger partial charge in [0, 0.05) is 0 Å². The molecule has 0 radical (unpaired) electrons. The number of halogens is 1. The van der Waals surface area contributed by atoms with E-state index >= 15 is 0 Å². The first kappa shape index (κ1) is 12.3. The van der Waals surface area contributed by atoms with Crippen LogP contribution in [0.3, 0.4) is 0 Å². The third-order valence-electron chi connectivity index (χ3n) is 1.88. The van der Waals surface area contributed by atoms with E-state index in [2.05, 4.69) is 16.2 Å². The molecule has 0 aromatic carbocycles. The number of carbonyl (C=O) groups is 1. The van der Waals surface area contributed by atoms with Crippen molar-refractivity contribution in [1.29, 1.82) is 0 Å². The molecule has 5 heteroatoms. The van der Waals surface area contributed by atoms with Gasteiger partial charge in [0.15, 0.2) is 0 Å². The number of hydrogen-bond acceptors (Lipinski definition) is 3. The molecular formula is C11H11ClN2O2. The van der Waals surface area contributed by atoms with Gasteiger partial charge in [-0.2, -0.15) is 0 Å². The molecule has 16 heavy (non-hydrogen) atoms. The Labute approximate surface area is 98.6 Å². The monoisotopic (exact) mass is 238 g/mol. The van der Waals surface area contributed by atoms with Crippen LogP contribution in [0.1, 0.15) is 24.2 Å². The molecule has 2 N–H and O–H groups in total. The highest BCUT2D eigenvalue weighted by Crippen LogP contribution is 2.20. The lowest BCUT2D eigenvalue weighted by molar-refractivity contribution is 0.0697. The van der Waals surface area contributed by atoms with Crippen molar-refractivity contribution in [3.8, 4) is 12.3 Å². The van der Waals surface area contributed by atoms with Gasteiger partial charge < -0.3 is 10.4 Å². The Morgan fingerprint density at radius 1 is 1.62 bits per heavy atom. The van der Waals surface area contributed by atoms with Gasteiger partial charge in [-0.15, -0.1) is 6.42 Å². The number of terminal acetylenes is 1. The minimum absolute atomic E-state index is 0.0349. The lowest BCUT2D eigenvalue weighted by Crippen LogP contribution is -2.30. The predicted molar refractivity (Wildman–Crippen MR) is 62.7 cm³/mol. The molecule has 0 spiro atoms. The van der Waals surface area contributed by atoms with Crippen molar-refractivity contribution in [3.63, 3.8) is 0 Å². The second kappa shape index (κ2) is 4.42. The van der Waals surface area contributed by atoms with Crippen molar-refractivity contribution in [2.75, 3.05) is 5.32 Å². The SMILES string of the molecule is C#CC(C)(C)Nc1nc(Cl)ccc1C(=O)O. The lowest BCUT2D eigenvalue weighted by atomic mass is 10.1. The van der Waals surface area contributed by atoms with Crippen LogP contribution in [0.4, 0.5) is 5.82 Å². The smallest absolute Gasteiger partial charge is 0.339 e. The molecule has 0 aliphatic carbocycles. The third-order valence-corrected chi connectivity index (χ3v) is 2.09. The predicted octanol–water partition coefficient (Wildman–Crippen LogP) is 2.26. The number of anilines is 1. The highest BCUT2D eigenvalue weighted by Gasteiger charge is 2.19. The molecule has 1 aromatic rings. The van der Waals surface area contributed by atoms with Gasteiger partial charge in [-0.25, -0.2) is 9.78 Å². The summed E-state index contributed by atoms with van der Waals surface area (Å²) in [6, 6.07) is 2.80. The zero-order valence-electron chi connectivity index (χ0n) is 8.91. The topological polar surface area (TPSA) is 62.2 Å². The van der Waals surface area contributed by atoms with Gasteiger partial charge >= 0.3 is 5.97 Å². The molecular weight excluding hydrogens is 228 g/mol. The van der Waals surface area contributed by atoms with Crippen molar-refractivity contribution < 1.29 is 9.90 Å². The number of pyridine rings is 1. The van der Waals surface area contributed by atoms with Crippen LogP contribution in [0.25, 0.3) is 0 Å². The molecule has 0 unspecified atom stereocenters. The number of aromatic nitrogens is 1. The van der Waals surface area contributed by atoms with Crippen LogP contribution in [-0.2, 0) is 0 Å². The van der Waals surface area contributed by atoms with E-state index in [0.29, 0.717) is 0 Å². The number of carboxylic acid groups (broad SMARTS) is 1. The van der Waals surface area contributed by atoms with E-state index in [4.69, 9.17) is 23.1 Å². The van der Waals surface area contributed by atoms with Crippen LogP contribution in [0.2, 0.25) is 5.15 Å². The Hall–Kier alpha value is -1.73. The molecule has 0 amide bonds. The number of nitrogens with zero attached hydrogens (tertiary/aromatic N) is 1. The van der Waals surface area contributed by atoms with Gasteiger partial charge in [0.05, 0.1) is 5.54 Å². The van der Waals surface area contributed by atoms with Crippen LogP contribution >= 0.6 is 11.6 Å². The molecule has 0 saturated carbocycles. The minimum Gasteiger partial charge on any atom is -0.478 e. The molecule has 0 aliphatic rings. The molecule has 0 fully saturated rings. The summed E-state index contributed by atoms with van der Waals surface area (Å²) in [6.45, 7) is 3.47. The summed E-state index contributed by atoms with van der Waals surface area (Å²) >= 11 is 5.70. The lowest BCUT2D eigenvalue weighted by Gasteiger charge is -2.21. The Balaban J connectivity index is 3.17. The molecule has 0 bridgehead atoms. The maximum absolute atomic E-state index is 10.9. The van der Waals surface area contributed by atoms with Crippen molar-refractivity contribution in [2.45, 2.75) is 19.4 Å². The van der Waals surface area contributed by atoms with E-state index in [1.54, 1.807) is 13.8 Å². The fraction of sp³-hybridized carbons (Fsp3) is 0.273. The molecule has 1 aromatic heterocycles. The normalized spacial score (nSPS) is 10.6. The molecule has 0 atom stereocenters. The molecule has 1 rings (SSSR count). The Morgan fingerprint density at radius 2 is 2.25 bits per heavy atom. The molecule has 84 valence electrons.